The quantitative estimate of drug-likeness (QED) is 0.683. The van der Waals surface area contributed by atoms with Crippen molar-refractivity contribution in [2.24, 2.45) is 5.73 Å². The lowest BCUT2D eigenvalue weighted by Crippen LogP contribution is -2.39. The highest BCUT2D eigenvalue weighted by Crippen LogP contribution is 2.36. The van der Waals surface area contributed by atoms with Crippen molar-refractivity contribution >= 4 is 23.5 Å². The fraction of sp³-hybridized carbons (Fsp3) is 0.353. The number of nitrogens with two attached hydrogens (primary N) is 1. The largest absolute Gasteiger partial charge is 0.482 e. The maximum absolute atomic E-state index is 12.6. The van der Waals surface area contributed by atoms with E-state index in [0.717, 1.165) is 37.3 Å². The van der Waals surface area contributed by atoms with Crippen LogP contribution >= 0.6 is 0 Å². The van der Waals surface area contributed by atoms with Gasteiger partial charge >= 0.3 is 18.1 Å². The van der Waals surface area contributed by atoms with Crippen LogP contribution in [0.3, 0.4) is 0 Å². The Labute approximate surface area is 162 Å². The molecule has 0 radical (unpaired) electrons. The molecule has 1 aliphatic rings. The number of amides is 1. The summed E-state index contributed by atoms with van der Waals surface area (Å²) in [5, 5.41) is 0. The molecular weight excluding hydrogens is 401 g/mol. The molecule has 1 aromatic carbocycles. The Hall–Kier alpha value is -3.28. The van der Waals surface area contributed by atoms with Gasteiger partial charge in [-0.25, -0.2) is 9.59 Å². The van der Waals surface area contributed by atoms with Gasteiger partial charge in [0.05, 0.1) is 32.1 Å². The van der Waals surface area contributed by atoms with Crippen LogP contribution in [0.15, 0.2) is 29.5 Å². The van der Waals surface area contributed by atoms with Crippen molar-refractivity contribution in [3.05, 3.63) is 35.0 Å². The summed E-state index contributed by atoms with van der Waals surface area (Å²) in [6.45, 7) is -2.29. The number of methoxy groups -OCH3 is 2. The predicted octanol–water partition coefficient (Wildman–Crippen LogP) is 1.12. The normalized spacial score (nSPS) is 14.4. The first kappa shape index (κ1) is 22.0. The second-order valence-electron chi connectivity index (χ2n) is 5.67. The van der Waals surface area contributed by atoms with E-state index in [-0.39, 0.29) is 41.6 Å². The minimum absolute atomic E-state index is 0.0752. The van der Waals surface area contributed by atoms with E-state index in [1.54, 1.807) is 0 Å². The SMILES string of the molecule is COC(=O)C1=C(C(=O)OC)N(c2cc(C(N)=O)ccc2OCC(F)(F)F)COC1. The first-order valence-corrected chi connectivity index (χ1v) is 7.97. The Morgan fingerprint density at radius 3 is 2.38 bits per heavy atom. The molecule has 0 saturated carbocycles. The molecule has 0 saturated heterocycles. The maximum atomic E-state index is 12.6. The van der Waals surface area contributed by atoms with Crippen LogP contribution in [0.25, 0.3) is 0 Å². The molecule has 1 heterocycles. The van der Waals surface area contributed by atoms with Crippen LogP contribution in [0.2, 0.25) is 0 Å². The summed E-state index contributed by atoms with van der Waals surface area (Å²) in [5.74, 6) is -3.08. The number of nitrogens with zero attached hydrogens (tertiary/aromatic N) is 1. The molecule has 9 nitrogen and oxygen atoms in total. The molecule has 1 aliphatic heterocycles. The molecule has 1 aromatic rings. The molecule has 0 aliphatic carbocycles. The second-order valence-corrected chi connectivity index (χ2v) is 5.67. The fourth-order valence-electron chi connectivity index (χ4n) is 2.50. The van der Waals surface area contributed by atoms with Gasteiger partial charge in [0.15, 0.2) is 6.61 Å². The number of hydrogen-bond donors (Lipinski definition) is 1. The van der Waals surface area contributed by atoms with Crippen LogP contribution in [0.1, 0.15) is 10.4 Å². The summed E-state index contributed by atoms with van der Waals surface area (Å²) >= 11 is 0. The highest BCUT2D eigenvalue weighted by Gasteiger charge is 2.35. The lowest BCUT2D eigenvalue weighted by molar-refractivity contribution is -0.153. The van der Waals surface area contributed by atoms with Gasteiger partial charge in [0.25, 0.3) is 0 Å². The van der Waals surface area contributed by atoms with E-state index in [9.17, 15) is 27.6 Å². The van der Waals surface area contributed by atoms with Gasteiger partial charge in [-0.2, -0.15) is 13.2 Å². The zero-order chi connectivity index (χ0) is 21.8. The van der Waals surface area contributed by atoms with E-state index < -0.39 is 30.6 Å². The average molecular weight is 418 g/mol. The lowest BCUT2D eigenvalue weighted by atomic mass is 10.1. The Balaban J connectivity index is 2.64. The zero-order valence-electron chi connectivity index (χ0n) is 15.4. The van der Waals surface area contributed by atoms with Crippen molar-refractivity contribution in [1.82, 2.24) is 0 Å². The number of primary amides is 1. The number of alkyl halides is 3. The van der Waals surface area contributed by atoms with Gasteiger partial charge < -0.3 is 29.6 Å². The van der Waals surface area contributed by atoms with E-state index >= 15 is 0 Å². The van der Waals surface area contributed by atoms with E-state index in [4.69, 9.17) is 15.2 Å². The number of esters is 2. The predicted molar refractivity (Wildman–Crippen MR) is 90.9 cm³/mol. The number of rotatable bonds is 6. The van der Waals surface area contributed by atoms with Crippen LogP contribution in [0, 0.1) is 0 Å². The second kappa shape index (κ2) is 8.82. The van der Waals surface area contributed by atoms with Crippen molar-refractivity contribution in [3.63, 3.8) is 0 Å². The molecule has 0 atom stereocenters. The molecule has 2 N–H and O–H groups in total. The molecule has 0 aromatic heterocycles. The third kappa shape index (κ3) is 5.16. The molecule has 158 valence electrons. The molecule has 0 unspecified atom stereocenters. The smallest absolute Gasteiger partial charge is 0.422 e. The van der Waals surface area contributed by atoms with Crippen molar-refractivity contribution in [2.75, 3.05) is 39.1 Å². The monoisotopic (exact) mass is 418 g/mol. The number of halogens is 3. The van der Waals surface area contributed by atoms with E-state index in [2.05, 4.69) is 9.47 Å². The Bertz CT molecular complexity index is 852. The van der Waals surface area contributed by atoms with Crippen molar-refractivity contribution in [2.45, 2.75) is 6.18 Å². The van der Waals surface area contributed by atoms with Crippen LogP contribution in [-0.2, 0) is 23.8 Å². The lowest BCUT2D eigenvalue weighted by Gasteiger charge is -2.32. The van der Waals surface area contributed by atoms with E-state index in [0.29, 0.717) is 0 Å². The summed E-state index contributed by atoms with van der Waals surface area (Å²) < 4.78 is 57.2. The molecule has 1 amide bonds. The summed E-state index contributed by atoms with van der Waals surface area (Å²) in [7, 11) is 2.13. The molecule has 2 rings (SSSR count). The number of carbonyl (C=O) groups excluding carboxylic acids is 3. The van der Waals surface area contributed by atoms with Gasteiger partial charge in [-0.1, -0.05) is 0 Å². The number of carbonyl (C=O) groups is 3. The average Bonchev–Trinajstić information content (AvgIpc) is 2.69. The number of benzene rings is 1. The van der Waals surface area contributed by atoms with Crippen LogP contribution in [0.5, 0.6) is 5.75 Å². The van der Waals surface area contributed by atoms with Gasteiger partial charge in [0.2, 0.25) is 5.91 Å². The molecule has 0 bridgehead atoms. The topological polar surface area (TPSA) is 117 Å². The summed E-state index contributed by atoms with van der Waals surface area (Å²) in [6.07, 6.45) is -4.64. The zero-order valence-corrected chi connectivity index (χ0v) is 15.4. The van der Waals surface area contributed by atoms with Gasteiger partial charge in [-0.3, -0.25) is 4.79 Å². The van der Waals surface area contributed by atoms with E-state index in [1.807, 2.05) is 0 Å². The van der Waals surface area contributed by atoms with Gasteiger partial charge in [0.1, 0.15) is 18.2 Å². The third-order valence-electron chi connectivity index (χ3n) is 3.76. The minimum Gasteiger partial charge on any atom is -0.482 e. The maximum Gasteiger partial charge on any atom is 0.422 e. The molecular formula is C17H17F3N2O7. The van der Waals surface area contributed by atoms with Gasteiger partial charge in [0, 0.05) is 5.56 Å². The van der Waals surface area contributed by atoms with Crippen LogP contribution < -0.4 is 15.4 Å². The summed E-state index contributed by atoms with van der Waals surface area (Å²) in [4.78, 5) is 36.9. The Kier molecular flexibility index (Phi) is 6.69. The third-order valence-corrected chi connectivity index (χ3v) is 3.76. The number of ether oxygens (including phenoxy) is 4. The van der Waals surface area contributed by atoms with Crippen molar-refractivity contribution < 1.29 is 46.5 Å². The van der Waals surface area contributed by atoms with Crippen molar-refractivity contribution in [1.29, 1.82) is 0 Å². The van der Waals surface area contributed by atoms with Crippen molar-refractivity contribution in [3.8, 4) is 5.75 Å². The fourth-order valence-corrected chi connectivity index (χ4v) is 2.50. The first-order valence-electron chi connectivity index (χ1n) is 7.97. The number of hydrogen-bond acceptors (Lipinski definition) is 8. The van der Waals surface area contributed by atoms with Crippen LogP contribution in [-0.4, -0.2) is 58.2 Å². The van der Waals surface area contributed by atoms with Crippen LogP contribution in [0.4, 0.5) is 18.9 Å². The molecule has 0 fully saturated rings. The Morgan fingerprint density at radius 1 is 1.17 bits per heavy atom. The van der Waals surface area contributed by atoms with Gasteiger partial charge in [-0.05, 0) is 18.2 Å². The van der Waals surface area contributed by atoms with E-state index in [1.165, 1.54) is 0 Å². The standard InChI is InChI=1S/C17H17F3N2O7/c1-26-15(24)10-6-28-8-22(13(10)16(25)27-2)11-5-9(14(21)23)3-4-12(11)29-7-17(18,19)20/h3-5H,6-8H2,1-2H3,(H2,21,23). The highest BCUT2D eigenvalue weighted by molar-refractivity contribution is 6.04. The van der Waals surface area contributed by atoms with Gasteiger partial charge in [-0.15, -0.1) is 0 Å². The minimum atomic E-state index is -4.64. The molecule has 12 heteroatoms. The number of anilines is 1. The highest BCUT2D eigenvalue weighted by atomic mass is 19.4. The molecule has 0 spiro atoms. The summed E-state index contributed by atoms with van der Waals surface area (Å²) in [5.41, 5.74) is 4.45. The Morgan fingerprint density at radius 2 is 1.83 bits per heavy atom. The molecule has 29 heavy (non-hydrogen) atoms. The first-order chi connectivity index (χ1) is 13.6. The summed E-state index contributed by atoms with van der Waals surface area (Å²) in [6, 6.07) is 3.36.